The Labute approximate surface area is 181 Å². The first-order chi connectivity index (χ1) is 14.8. The third-order valence-corrected chi connectivity index (χ3v) is 5.65. The smallest absolute Gasteiger partial charge is 0.225 e. The molecule has 2 aromatic heterocycles. The fourth-order valence-electron chi connectivity index (χ4n) is 3.96. The summed E-state index contributed by atoms with van der Waals surface area (Å²) in [7, 11) is 0. The van der Waals surface area contributed by atoms with Crippen LogP contribution in [-0.4, -0.2) is 20.5 Å². The Balaban J connectivity index is 1.65. The summed E-state index contributed by atoms with van der Waals surface area (Å²) < 4.78 is 15.2. The van der Waals surface area contributed by atoms with Crippen LogP contribution in [-0.2, 0) is 11.2 Å². The van der Waals surface area contributed by atoms with E-state index in [0.29, 0.717) is 5.65 Å². The summed E-state index contributed by atoms with van der Waals surface area (Å²) in [4.78, 5) is 17.5. The van der Waals surface area contributed by atoms with Gasteiger partial charge in [0.25, 0.3) is 0 Å². The molecule has 4 aromatic rings. The lowest BCUT2D eigenvalue weighted by molar-refractivity contribution is -0.121. The highest BCUT2D eigenvalue weighted by molar-refractivity contribution is 5.82. The van der Waals surface area contributed by atoms with Crippen molar-refractivity contribution in [2.75, 3.05) is 0 Å². The summed E-state index contributed by atoms with van der Waals surface area (Å²) in [6.07, 6.45) is 0.225. The molecule has 0 unspecified atom stereocenters. The highest BCUT2D eigenvalue weighted by Gasteiger charge is 2.20. The van der Waals surface area contributed by atoms with E-state index < -0.39 is 0 Å². The van der Waals surface area contributed by atoms with Crippen LogP contribution in [0.3, 0.4) is 0 Å². The molecule has 0 aliphatic rings. The normalized spacial score (nSPS) is 12.2. The van der Waals surface area contributed by atoms with E-state index in [2.05, 4.69) is 10.4 Å². The minimum Gasteiger partial charge on any atom is -0.349 e. The topological polar surface area (TPSA) is 59.3 Å². The number of halogens is 1. The zero-order chi connectivity index (χ0) is 22.1. The Hall–Kier alpha value is -3.54. The van der Waals surface area contributed by atoms with Crippen LogP contribution < -0.4 is 5.32 Å². The monoisotopic (exact) mass is 416 g/mol. The van der Waals surface area contributed by atoms with E-state index in [1.807, 2.05) is 58.0 Å². The van der Waals surface area contributed by atoms with Crippen molar-refractivity contribution >= 4 is 11.6 Å². The molecule has 0 aliphatic carbocycles. The Morgan fingerprint density at radius 3 is 2.39 bits per heavy atom. The predicted molar refractivity (Wildman–Crippen MR) is 119 cm³/mol. The molecule has 2 aromatic carbocycles. The van der Waals surface area contributed by atoms with E-state index in [1.165, 1.54) is 12.1 Å². The van der Waals surface area contributed by atoms with Crippen LogP contribution in [0.5, 0.6) is 0 Å². The van der Waals surface area contributed by atoms with Gasteiger partial charge in [0.15, 0.2) is 5.65 Å². The molecule has 0 aliphatic heterocycles. The van der Waals surface area contributed by atoms with Gasteiger partial charge in [-0.25, -0.2) is 13.9 Å². The van der Waals surface area contributed by atoms with Gasteiger partial charge in [-0.15, -0.1) is 0 Å². The minimum atomic E-state index is -0.281. The molecular weight excluding hydrogens is 391 g/mol. The zero-order valence-corrected chi connectivity index (χ0v) is 18.1. The number of amides is 1. The van der Waals surface area contributed by atoms with Crippen molar-refractivity contribution in [3.05, 3.63) is 88.6 Å². The number of benzene rings is 2. The molecular formula is C25H25FN4O. The second kappa shape index (κ2) is 8.30. The van der Waals surface area contributed by atoms with Crippen LogP contribution >= 0.6 is 0 Å². The van der Waals surface area contributed by atoms with Gasteiger partial charge in [0.2, 0.25) is 5.91 Å². The molecule has 2 heterocycles. The SMILES string of the molecule is Cc1nc2c(-c3ccc(F)cc3)c(C)nn2c(C)c1CC(=O)N[C@H](C)c1ccccc1. The lowest BCUT2D eigenvalue weighted by Gasteiger charge is -2.16. The Morgan fingerprint density at radius 1 is 1.03 bits per heavy atom. The van der Waals surface area contributed by atoms with Crippen molar-refractivity contribution in [2.24, 2.45) is 0 Å². The van der Waals surface area contributed by atoms with Gasteiger partial charge in [-0.3, -0.25) is 4.79 Å². The van der Waals surface area contributed by atoms with Crippen molar-refractivity contribution in [3.8, 4) is 11.1 Å². The van der Waals surface area contributed by atoms with Gasteiger partial charge in [0, 0.05) is 22.5 Å². The first kappa shape index (κ1) is 20.7. The molecule has 6 heteroatoms. The van der Waals surface area contributed by atoms with Crippen LogP contribution in [0.15, 0.2) is 54.6 Å². The van der Waals surface area contributed by atoms with Crippen LogP contribution in [0.2, 0.25) is 0 Å². The second-order valence-corrected chi connectivity index (χ2v) is 7.84. The van der Waals surface area contributed by atoms with Gasteiger partial charge in [0.05, 0.1) is 18.2 Å². The number of carbonyl (C=O) groups is 1. The Morgan fingerprint density at radius 2 is 1.71 bits per heavy atom. The zero-order valence-electron chi connectivity index (χ0n) is 18.1. The van der Waals surface area contributed by atoms with Crippen molar-refractivity contribution in [1.29, 1.82) is 0 Å². The maximum Gasteiger partial charge on any atom is 0.225 e. The summed E-state index contributed by atoms with van der Waals surface area (Å²) >= 11 is 0. The number of nitrogens with one attached hydrogen (secondary N) is 1. The van der Waals surface area contributed by atoms with Crippen LogP contribution in [0.1, 0.15) is 41.2 Å². The van der Waals surface area contributed by atoms with Gasteiger partial charge in [-0.2, -0.15) is 5.10 Å². The number of nitrogens with zero attached hydrogens (tertiary/aromatic N) is 3. The van der Waals surface area contributed by atoms with Crippen LogP contribution in [0.25, 0.3) is 16.8 Å². The largest absolute Gasteiger partial charge is 0.349 e. The van der Waals surface area contributed by atoms with Gasteiger partial charge < -0.3 is 5.32 Å². The van der Waals surface area contributed by atoms with Crippen molar-refractivity contribution < 1.29 is 9.18 Å². The quantitative estimate of drug-likeness (QED) is 0.504. The molecule has 0 bridgehead atoms. The summed E-state index contributed by atoms with van der Waals surface area (Å²) in [5, 5.41) is 7.72. The third-order valence-electron chi connectivity index (χ3n) is 5.65. The molecule has 1 N–H and O–H groups in total. The fraction of sp³-hybridized carbons (Fsp3) is 0.240. The minimum absolute atomic E-state index is 0.0636. The standard InChI is InChI=1S/C25H25FN4O/c1-15(19-8-6-5-7-9-19)27-23(31)14-22-16(2)28-25-24(17(3)29-30(25)18(22)4)20-10-12-21(26)13-11-20/h5-13,15H,14H2,1-4H3,(H,27,31)/t15-/m1/s1. The molecule has 0 saturated heterocycles. The summed E-state index contributed by atoms with van der Waals surface area (Å²) in [5.41, 5.74) is 6.84. The molecule has 0 spiro atoms. The lowest BCUT2D eigenvalue weighted by Crippen LogP contribution is -2.29. The maximum atomic E-state index is 13.4. The van der Waals surface area contributed by atoms with Crippen molar-refractivity contribution in [1.82, 2.24) is 19.9 Å². The Bertz CT molecular complexity index is 1250. The number of aromatic nitrogens is 3. The van der Waals surface area contributed by atoms with Gasteiger partial charge in [-0.05, 0) is 51.0 Å². The highest BCUT2D eigenvalue weighted by Crippen LogP contribution is 2.29. The average molecular weight is 417 g/mol. The maximum absolute atomic E-state index is 13.4. The molecule has 0 radical (unpaired) electrons. The molecule has 31 heavy (non-hydrogen) atoms. The predicted octanol–water partition coefficient (Wildman–Crippen LogP) is 4.88. The van der Waals surface area contributed by atoms with E-state index in [0.717, 1.165) is 39.3 Å². The van der Waals surface area contributed by atoms with E-state index in [4.69, 9.17) is 4.98 Å². The Kier molecular flexibility index (Phi) is 5.55. The number of aryl methyl sites for hydroxylation is 3. The molecule has 0 fully saturated rings. The number of carbonyl (C=O) groups excluding carboxylic acids is 1. The van der Waals surface area contributed by atoms with E-state index in [1.54, 1.807) is 16.6 Å². The molecule has 0 saturated carbocycles. The van der Waals surface area contributed by atoms with Gasteiger partial charge in [0.1, 0.15) is 5.82 Å². The highest BCUT2D eigenvalue weighted by atomic mass is 19.1. The molecule has 4 rings (SSSR count). The fourth-order valence-corrected chi connectivity index (χ4v) is 3.96. The van der Waals surface area contributed by atoms with Crippen LogP contribution in [0.4, 0.5) is 4.39 Å². The number of fused-ring (bicyclic) bond motifs is 1. The third kappa shape index (κ3) is 4.06. The molecule has 1 amide bonds. The number of rotatable bonds is 5. The van der Waals surface area contributed by atoms with Gasteiger partial charge in [-0.1, -0.05) is 42.5 Å². The molecule has 158 valence electrons. The van der Waals surface area contributed by atoms with Crippen molar-refractivity contribution in [2.45, 2.75) is 40.2 Å². The molecule has 1 atom stereocenters. The number of hydrogen-bond donors (Lipinski definition) is 1. The summed E-state index contributed by atoms with van der Waals surface area (Å²) in [6, 6.07) is 16.1. The van der Waals surface area contributed by atoms with E-state index in [-0.39, 0.29) is 24.2 Å². The number of hydrogen-bond acceptors (Lipinski definition) is 3. The van der Waals surface area contributed by atoms with E-state index >= 15 is 0 Å². The van der Waals surface area contributed by atoms with Crippen molar-refractivity contribution in [3.63, 3.8) is 0 Å². The second-order valence-electron chi connectivity index (χ2n) is 7.84. The lowest BCUT2D eigenvalue weighted by atomic mass is 10.0. The summed E-state index contributed by atoms with van der Waals surface area (Å²) in [6.45, 7) is 7.75. The first-order valence-electron chi connectivity index (χ1n) is 10.3. The van der Waals surface area contributed by atoms with Gasteiger partial charge >= 0.3 is 0 Å². The molecule has 5 nitrogen and oxygen atoms in total. The van der Waals surface area contributed by atoms with E-state index in [9.17, 15) is 9.18 Å². The van der Waals surface area contributed by atoms with Crippen LogP contribution in [0, 0.1) is 26.6 Å². The average Bonchev–Trinajstić information content (AvgIpc) is 3.08. The summed E-state index contributed by atoms with van der Waals surface area (Å²) in [5.74, 6) is -0.345. The first-order valence-corrected chi connectivity index (χ1v) is 10.3.